The van der Waals surface area contributed by atoms with Gasteiger partial charge in [0, 0.05) is 0 Å². The van der Waals surface area contributed by atoms with E-state index in [-0.39, 0.29) is 6.42 Å². The summed E-state index contributed by atoms with van der Waals surface area (Å²) in [6.07, 6.45) is 61.2. The Labute approximate surface area is 493 Å². The molecule has 0 saturated carbocycles. The molecule has 0 aromatic heterocycles. The minimum atomic E-state index is -1.66. The summed E-state index contributed by atoms with van der Waals surface area (Å²) in [5.74, 6) is -0.691. The van der Waals surface area contributed by atoms with Gasteiger partial charge in [0.2, 0.25) is 5.91 Å². The number of nitrogens with one attached hydrogen (secondary N) is 1. The van der Waals surface area contributed by atoms with E-state index in [0.717, 1.165) is 44.9 Å². The van der Waals surface area contributed by atoms with Crippen LogP contribution >= 0.6 is 0 Å². The normalized spacial score (nSPS) is 19.3. The van der Waals surface area contributed by atoms with Crippen LogP contribution in [0.25, 0.3) is 0 Å². The molecule has 1 rings (SSSR count). The summed E-state index contributed by atoms with van der Waals surface area (Å²) in [6.45, 7) is 3.50. The second-order valence-corrected chi connectivity index (χ2v) is 24.6. The third-order valence-electron chi connectivity index (χ3n) is 17.0. The number of carbonyl (C=O) groups excluding carboxylic acids is 1. The van der Waals surface area contributed by atoms with Crippen molar-refractivity contribution in [2.24, 2.45) is 0 Å². The van der Waals surface area contributed by atoms with Gasteiger partial charge in [0.05, 0.1) is 25.4 Å². The van der Waals surface area contributed by atoms with Crippen LogP contribution in [-0.2, 0) is 14.3 Å². The smallest absolute Gasteiger partial charge is 0.249 e. The zero-order valence-electron chi connectivity index (χ0n) is 52.3. The highest BCUT2D eigenvalue weighted by Gasteiger charge is 2.44. The molecule has 0 spiro atoms. The molecule has 1 aliphatic rings. The lowest BCUT2D eigenvalue weighted by Gasteiger charge is -2.40. The molecule has 0 radical (unpaired) electrons. The van der Waals surface area contributed by atoms with Crippen molar-refractivity contribution in [3.8, 4) is 0 Å². The Bertz CT molecular complexity index is 1350. The third kappa shape index (κ3) is 45.0. The summed E-state index contributed by atoms with van der Waals surface area (Å²) >= 11 is 0. The summed E-state index contributed by atoms with van der Waals surface area (Å²) < 4.78 is 11.2. The summed E-state index contributed by atoms with van der Waals surface area (Å²) in [5, 5.41) is 76.4. The highest BCUT2D eigenvalue weighted by Crippen LogP contribution is 2.24. The lowest BCUT2D eigenvalue weighted by atomic mass is 9.98. The molecule has 0 aliphatic carbocycles. The number of allylic oxidation sites excluding steroid dienone is 4. The summed E-state index contributed by atoms with van der Waals surface area (Å²) in [5.41, 5.74) is 0. The molecule has 0 bridgehead atoms. The third-order valence-corrected chi connectivity index (χ3v) is 17.0. The molecule has 8 N–H and O–H groups in total. The molecule has 9 unspecified atom stereocenters. The molecule has 1 saturated heterocycles. The second-order valence-electron chi connectivity index (χ2n) is 24.6. The minimum Gasteiger partial charge on any atom is -0.394 e. The topological polar surface area (TPSA) is 189 Å². The van der Waals surface area contributed by atoms with E-state index in [4.69, 9.17) is 9.47 Å². The van der Waals surface area contributed by atoms with Crippen molar-refractivity contribution in [1.82, 2.24) is 5.32 Å². The SMILES string of the molecule is CCCCCCCCCCCCCCC/C=C\C/C=C\CCCCCCCCCCCCCCCCCCC(O)C(=O)NC(COC1OC(CO)C(O)C(O)C1O)C(O)C(O)CCCCCCCCCCCCCCCCCCC. The van der Waals surface area contributed by atoms with Crippen LogP contribution in [-0.4, -0.2) is 110 Å². The molecule has 1 amide bonds. The fourth-order valence-corrected chi connectivity index (χ4v) is 11.4. The molecule has 1 aliphatic heterocycles. The van der Waals surface area contributed by atoms with E-state index in [2.05, 4.69) is 43.5 Å². The van der Waals surface area contributed by atoms with E-state index < -0.39 is 74.2 Å². The van der Waals surface area contributed by atoms with Crippen LogP contribution in [0.1, 0.15) is 341 Å². The zero-order chi connectivity index (χ0) is 58.2. The number of carbonyl (C=O) groups is 1. The van der Waals surface area contributed by atoms with Gasteiger partial charge in [-0.05, 0) is 44.9 Å². The molecule has 1 heterocycles. The van der Waals surface area contributed by atoms with E-state index in [0.29, 0.717) is 19.3 Å². The van der Waals surface area contributed by atoms with Crippen LogP contribution in [0.4, 0.5) is 0 Å². The van der Waals surface area contributed by atoms with Crippen LogP contribution in [0, 0.1) is 0 Å². The van der Waals surface area contributed by atoms with Crippen molar-refractivity contribution >= 4 is 5.91 Å². The molecule has 9 atom stereocenters. The maximum Gasteiger partial charge on any atom is 0.249 e. The van der Waals surface area contributed by atoms with Crippen LogP contribution < -0.4 is 5.32 Å². The summed E-state index contributed by atoms with van der Waals surface area (Å²) in [7, 11) is 0. The zero-order valence-corrected chi connectivity index (χ0v) is 52.3. The van der Waals surface area contributed by atoms with Crippen molar-refractivity contribution < 1.29 is 50.0 Å². The van der Waals surface area contributed by atoms with Gasteiger partial charge in [-0.15, -0.1) is 0 Å². The van der Waals surface area contributed by atoms with Crippen molar-refractivity contribution in [3.63, 3.8) is 0 Å². The Kier molecular flexibility index (Phi) is 55.5. The van der Waals surface area contributed by atoms with Gasteiger partial charge in [0.1, 0.15) is 36.6 Å². The van der Waals surface area contributed by atoms with Crippen molar-refractivity contribution in [1.29, 1.82) is 0 Å². The lowest BCUT2D eigenvalue weighted by Crippen LogP contribution is -2.60. The highest BCUT2D eigenvalue weighted by atomic mass is 16.7. The first-order valence-corrected chi connectivity index (χ1v) is 34.7. The molecule has 0 aromatic carbocycles. The quantitative estimate of drug-likeness (QED) is 0.0215. The van der Waals surface area contributed by atoms with Crippen molar-refractivity contribution in [2.45, 2.75) is 396 Å². The maximum absolute atomic E-state index is 13.2. The van der Waals surface area contributed by atoms with Gasteiger partial charge >= 0.3 is 0 Å². The molecular formula is C69H133NO10. The van der Waals surface area contributed by atoms with Crippen molar-refractivity contribution in [3.05, 3.63) is 24.3 Å². The Morgan fingerprint density at radius 3 is 1.11 bits per heavy atom. The fourth-order valence-electron chi connectivity index (χ4n) is 11.4. The first-order chi connectivity index (χ1) is 39.2. The Morgan fingerprint density at radius 2 is 0.762 bits per heavy atom. The maximum atomic E-state index is 13.2. The number of hydrogen-bond acceptors (Lipinski definition) is 10. The number of aliphatic hydroxyl groups is 7. The number of aliphatic hydroxyl groups excluding tert-OH is 7. The molecule has 1 fully saturated rings. The monoisotopic (exact) mass is 1140 g/mol. The van der Waals surface area contributed by atoms with E-state index in [1.54, 1.807) is 0 Å². The predicted octanol–water partition coefficient (Wildman–Crippen LogP) is 16.4. The van der Waals surface area contributed by atoms with Crippen LogP contribution in [0.3, 0.4) is 0 Å². The Morgan fingerprint density at radius 1 is 0.438 bits per heavy atom. The average molecular weight is 1140 g/mol. The van der Waals surface area contributed by atoms with E-state index in [9.17, 15) is 40.5 Å². The number of rotatable bonds is 61. The van der Waals surface area contributed by atoms with Gasteiger partial charge in [-0.3, -0.25) is 4.79 Å². The van der Waals surface area contributed by atoms with Gasteiger partial charge in [0.15, 0.2) is 6.29 Å². The Balaban J connectivity index is 2.14. The number of amides is 1. The van der Waals surface area contributed by atoms with E-state index in [1.807, 2.05) is 0 Å². The molecular weight excluding hydrogens is 1000 g/mol. The van der Waals surface area contributed by atoms with E-state index >= 15 is 0 Å². The standard InChI is InChI=1S/C69H133NO10/c1-3-5-7-9-11-13-15-17-19-21-22-23-24-25-26-27-28-29-30-31-32-33-34-35-36-37-38-39-41-43-45-47-49-51-53-55-57-62(73)68(78)70-60(59-79-69-67(77)66(76)65(75)63(58-71)80-69)64(74)61(72)56-54-52-50-48-46-44-42-40-20-18-16-14-12-10-8-6-4-2/h26-27,29-30,60-67,69,71-77H,3-25,28,31-59H2,1-2H3,(H,70,78)/b27-26-,30-29-. The van der Waals surface area contributed by atoms with Gasteiger partial charge in [-0.2, -0.15) is 0 Å². The first-order valence-electron chi connectivity index (χ1n) is 34.7. The highest BCUT2D eigenvalue weighted by molar-refractivity contribution is 5.80. The van der Waals surface area contributed by atoms with Crippen LogP contribution in [0.5, 0.6) is 0 Å². The summed E-state index contributed by atoms with van der Waals surface area (Å²) in [4.78, 5) is 13.2. The fraction of sp³-hybridized carbons (Fsp3) is 0.928. The predicted molar refractivity (Wildman–Crippen MR) is 335 cm³/mol. The van der Waals surface area contributed by atoms with Gasteiger partial charge in [-0.25, -0.2) is 0 Å². The number of unbranched alkanes of at least 4 members (excludes halogenated alkanes) is 45. The van der Waals surface area contributed by atoms with Gasteiger partial charge in [-0.1, -0.05) is 321 Å². The number of hydrogen-bond donors (Lipinski definition) is 8. The van der Waals surface area contributed by atoms with Crippen LogP contribution in [0.2, 0.25) is 0 Å². The van der Waals surface area contributed by atoms with Gasteiger partial charge in [0.25, 0.3) is 0 Å². The average Bonchev–Trinajstić information content (AvgIpc) is 3.47. The van der Waals surface area contributed by atoms with Crippen molar-refractivity contribution in [2.75, 3.05) is 13.2 Å². The second kappa shape index (κ2) is 58.0. The van der Waals surface area contributed by atoms with E-state index in [1.165, 1.54) is 257 Å². The molecule has 80 heavy (non-hydrogen) atoms. The Hall–Kier alpha value is -1.41. The minimum absolute atomic E-state index is 0.263. The molecule has 474 valence electrons. The largest absolute Gasteiger partial charge is 0.394 e. The molecule has 11 nitrogen and oxygen atoms in total. The lowest BCUT2D eigenvalue weighted by molar-refractivity contribution is -0.303. The van der Waals surface area contributed by atoms with Gasteiger partial charge < -0.3 is 50.5 Å². The molecule has 11 heteroatoms. The first kappa shape index (κ1) is 76.6. The van der Waals surface area contributed by atoms with Crippen LogP contribution in [0.15, 0.2) is 24.3 Å². The molecule has 0 aromatic rings. The number of ether oxygens (including phenoxy) is 2. The summed E-state index contributed by atoms with van der Waals surface area (Å²) in [6, 6.07) is -1.17.